The zero-order chi connectivity index (χ0) is 16.8. The molecule has 0 aliphatic heterocycles. The average molecular weight is 374 g/mol. The van der Waals surface area contributed by atoms with Crippen LogP contribution in [0.15, 0.2) is 29.3 Å². The Labute approximate surface area is 138 Å². The van der Waals surface area contributed by atoms with Crippen LogP contribution in [-0.2, 0) is 9.53 Å². The van der Waals surface area contributed by atoms with Gasteiger partial charge in [-0.05, 0) is 39.3 Å². The topological polar surface area (TPSA) is 47.6 Å². The van der Waals surface area contributed by atoms with E-state index in [1.807, 2.05) is 0 Å². The van der Waals surface area contributed by atoms with Gasteiger partial charge in [-0.1, -0.05) is 22.0 Å². The van der Waals surface area contributed by atoms with Gasteiger partial charge in [-0.15, -0.1) is 6.58 Å². The first-order chi connectivity index (χ1) is 10.2. The molecule has 22 heavy (non-hydrogen) atoms. The van der Waals surface area contributed by atoms with Crippen molar-refractivity contribution in [3.8, 4) is 5.75 Å². The van der Waals surface area contributed by atoms with Gasteiger partial charge in [-0.25, -0.2) is 4.39 Å². The van der Waals surface area contributed by atoms with Crippen LogP contribution in [0.2, 0.25) is 0 Å². The van der Waals surface area contributed by atoms with Gasteiger partial charge in [0.05, 0.1) is 6.61 Å². The maximum atomic E-state index is 14.1. The Hall–Kier alpha value is -1.56. The summed E-state index contributed by atoms with van der Waals surface area (Å²) in [5.74, 6) is -0.643. The standard InChI is InChI=1S/C16H21BrFNO3/c1-5-6-7-21-13-9-11(17)8-12(18)15(13)19-10-14(20)22-16(2,3)4/h5,8-9,19H,1,6-7,10H2,2-4H3. The number of anilines is 1. The van der Waals surface area contributed by atoms with Crippen molar-refractivity contribution in [2.45, 2.75) is 32.8 Å². The average Bonchev–Trinajstić information content (AvgIpc) is 2.35. The third-order valence-electron chi connectivity index (χ3n) is 2.43. The smallest absolute Gasteiger partial charge is 0.325 e. The molecule has 1 aromatic rings. The highest BCUT2D eigenvalue weighted by atomic mass is 79.9. The van der Waals surface area contributed by atoms with Crippen molar-refractivity contribution in [3.63, 3.8) is 0 Å². The minimum atomic E-state index is -0.583. The zero-order valence-corrected chi connectivity index (χ0v) is 14.6. The molecule has 0 aliphatic carbocycles. The summed E-state index contributed by atoms with van der Waals surface area (Å²) in [6.45, 7) is 9.15. The van der Waals surface area contributed by atoms with Crippen molar-refractivity contribution >= 4 is 27.6 Å². The molecule has 0 saturated heterocycles. The number of hydrogen-bond acceptors (Lipinski definition) is 4. The second-order valence-electron chi connectivity index (χ2n) is 5.63. The molecule has 0 radical (unpaired) electrons. The molecule has 0 unspecified atom stereocenters. The Kier molecular flexibility index (Phi) is 6.87. The summed E-state index contributed by atoms with van der Waals surface area (Å²) in [5.41, 5.74) is -0.446. The van der Waals surface area contributed by atoms with Crippen LogP contribution in [0.5, 0.6) is 5.75 Å². The maximum Gasteiger partial charge on any atom is 0.325 e. The second-order valence-corrected chi connectivity index (χ2v) is 6.54. The Morgan fingerprint density at radius 2 is 2.14 bits per heavy atom. The van der Waals surface area contributed by atoms with Crippen LogP contribution in [0, 0.1) is 5.82 Å². The Bertz CT molecular complexity index is 541. The van der Waals surface area contributed by atoms with E-state index in [-0.39, 0.29) is 12.2 Å². The van der Waals surface area contributed by atoms with Gasteiger partial charge >= 0.3 is 5.97 Å². The van der Waals surface area contributed by atoms with Gasteiger partial charge in [0.15, 0.2) is 5.82 Å². The molecule has 1 rings (SSSR count). The highest BCUT2D eigenvalue weighted by Gasteiger charge is 2.18. The molecule has 0 bridgehead atoms. The minimum absolute atomic E-state index is 0.137. The van der Waals surface area contributed by atoms with Gasteiger partial charge in [0.1, 0.15) is 23.6 Å². The number of esters is 1. The number of nitrogens with one attached hydrogen (secondary N) is 1. The van der Waals surface area contributed by atoms with E-state index >= 15 is 0 Å². The molecule has 0 amide bonds. The van der Waals surface area contributed by atoms with Crippen LogP contribution in [0.25, 0.3) is 0 Å². The molecule has 0 aromatic heterocycles. The first-order valence-electron chi connectivity index (χ1n) is 6.91. The quantitative estimate of drug-likeness (QED) is 0.439. The van der Waals surface area contributed by atoms with E-state index in [0.717, 1.165) is 0 Å². The van der Waals surface area contributed by atoms with Crippen LogP contribution in [0.3, 0.4) is 0 Å². The Morgan fingerprint density at radius 3 is 2.73 bits per heavy atom. The lowest BCUT2D eigenvalue weighted by atomic mass is 10.2. The summed E-state index contributed by atoms with van der Waals surface area (Å²) in [7, 11) is 0. The molecule has 0 fully saturated rings. The van der Waals surface area contributed by atoms with Crippen molar-refractivity contribution in [2.75, 3.05) is 18.5 Å². The summed E-state index contributed by atoms with van der Waals surface area (Å²) in [6.07, 6.45) is 2.35. The number of rotatable bonds is 7. The molecule has 1 aromatic carbocycles. The summed E-state index contributed by atoms with van der Waals surface area (Å²) in [4.78, 5) is 11.7. The monoisotopic (exact) mass is 373 g/mol. The third-order valence-corrected chi connectivity index (χ3v) is 2.89. The normalized spacial score (nSPS) is 11.0. The largest absolute Gasteiger partial charge is 0.491 e. The van der Waals surface area contributed by atoms with Crippen LogP contribution >= 0.6 is 15.9 Å². The number of carbonyl (C=O) groups is 1. The number of carbonyl (C=O) groups excluding carboxylic acids is 1. The first-order valence-corrected chi connectivity index (χ1v) is 7.70. The van der Waals surface area contributed by atoms with Gasteiger partial charge in [-0.3, -0.25) is 4.79 Å². The number of hydrogen-bond donors (Lipinski definition) is 1. The van der Waals surface area contributed by atoms with E-state index in [1.165, 1.54) is 6.07 Å². The predicted octanol–water partition coefficient (Wildman–Crippen LogP) is 4.30. The van der Waals surface area contributed by atoms with Gasteiger partial charge < -0.3 is 14.8 Å². The van der Waals surface area contributed by atoms with Gasteiger partial charge in [0.2, 0.25) is 0 Å². The van der Waals surface area contributed by atoms with Crippen molar-refractivity contribution in [1.82, 2.24) is 0 Å². The summed E-state index contributed by atoms with van der Waals surface area (Å²) < 4.78 is 25.3. The molecular formula is C16H21BrFNO3. The van der Waals surface area contributed by atoms with Crippen LogP contribution in [0.1, 0.15) is 27.2 Å². The molecule has 0 heterocycles. The lowest BCUT2D eigenvalue weighted by Gasteiger charge is -2.20. The fourth-order valence-corrected chi connectivity index (χ4v) is 2.03. The third kappa shape index (κ3) is 6.47. The number of ether oxygens (including phenoxy) is 2. The fraction of sp³-hybridized carbons (Fsp3) is 0.438. The second kappa shape index (κ2) is 8.17. The van der Waals surface area contributed by atoms with Crippen molar-refractivity contribution in [2.24, 2.45) is 0 Å². The maximum absolute atomic E-state index is 14.1. The van der Waals surface area contributed by atoms with Crippen LogP contribution in [0.4, 0.5) is 10.1 Å². The van der Waals surface area contributed by atoms with Crippen molar-refractivity contribution < 1.29 is 18.7 Å². The van der Waals surface area contributed by atoms with E-state index < -0.39 is 17.4 Å². The molecule has 4 nitrogen and oxygen atoms in total. The van der Waals surface area contributed by atoms with E-state index in [0.29, 0.717) is 23.2 Å². The molecule has 0 atom stereocenters. The molecule has 0 aliphatic rings. The molecule has 1 N–H and O–H groups in total. The fourth-order valence-electron chi connectivity index (χ4n) is 1.63. The highest BCUT2D eigenvalue weighted by molar-refractivity contribution is 9.10. The molecule has 6 heteroatoms. The lowest BCUT2D eigenvalue weighted by Crippen LogP contribution is -2.28. The summed E-state index contributed by atoms with van der Waals surface area (Å²) in [6, 6.07) is 2.95. The van der Waals surface area contributed by atoms with E-state index in [1.54, 1.807) is 32.9 Å². The molecule has 0 saturated carbocycles. The first kappa shape index (κ1) is 18.5. The number of benzene rings is 1. The highest BCUT2D eigenvalue weighted by Crippen LogP contribution is 2.31. The Balaban J connectivity index is 2.79. The van der Waals surface area contributed by atoms with E-state index in [9.17, 15) is 9.18 Å². The zero-order valence-electron chi connectivity index (χ0n) is 13.0. The van der Waals surface area contributed by atoms with Crippen LogP contribution in [-0.4, -0.2) is 24.7 Å². The molecule has 0 spiro atoms. The molecule has 122 valence electrons. The van der Waals surface area contributed by atoms with Crippen molar-refractivity contribution in [3.05, 3.63) is 35.1 Å². The number of halogens is 2. The Morgan fingerprint density at radius 1 is 1.45 bits per heavy atom. The predicted molar refractivity (Wildman–Crippen MR) is 88.7 cm³/mol. The lowest BCUT2D eigenvalue weighted by molar-refractivity contribution is -0.152. The molecular weight excluding hydrogens is 353 g/mol. The summed E-state index contributed by atoms with van der Waals surface area (Å²) in [5, 5.41) is 2.74. The minimum Gasteiger partial charge on any atom is -0.491 e. The van der Waals surface area contributed by atoms with Crippen molar-refractivity contribution in [1.29, 1.82) is 0 Å². The van der Waals surface area contributed by atoms with E-state index in [2.05, 4.69) is 27.8 Å². The summed E-state index contributed by atoms with van der Waals surface area (Å²) >= 11 is 3.22. The van der Waals surface area contributed by atoms with E-state index in [4.69, 9.17) is 9.47 Å². The van der Waals surface area contributed by atoms with Crippen LogP contribution < -0.4 is 10.1 Å². The van der Waals surface area contributed by atoms with Gasteiger partial charge in [0.25, 0.3) is 0 Å². The van der Waals surface area contributed by atoms with Gasteiger partial charge in [-0.2, -0.15) is 0 Å². The van der Waals surface area contributed by atoms with Gasteiger partial charge in [0, 0.05) is 4.47 Å². The SMILES string of the molecule is C=CCCOc1cc(Br)cc(F)c1NCC(=O)OC(C)(C)C.